The number of aromatic carboxylic acids is 1. The molecule has 0 atom stereocenters. The molecule has 0 bridgehead atoms. The number of halogens is 3. The predicted octanol–water partition coefficient (Wildman–Crippen LogP) is 3.61. The Balaban J connectivity index is 1.82. The van der Waals surface area contributed by atoms with Crippen molar-refractivity contribution in [1.29, 1.82) is 0 Å². The van der Waals surface area contributed by atoms with Crippen LogP contribution < -0.4 is 14.8 Å². The van der Waals surface area contributed by atoms with Gasteiger partial charge in [-0.25, -0.2) is 4.79 Å². The quantitative estimate of drug-likeness (QED) is 0.878. The maximum atomic E-state index is 13.0. The van der Waals surface area contributed by atoms with Crippen molar-refractivity contribution in [3.8, 4) is 11.5 Å². The number of amides is 1. The molecule has 0 aliphatic carbocycles. The van der Waals surface area contributed by atoms with Gasteiger partial charge in [-0.05, 0) is 36.4 Å². The first-order chi connectivity index (χ1) is 11.2. The van der Waals surface area contributed by atoms with E-state index >= 15 is 0 Å². The fourth-order valence-corrected chi connectivity index (χ4v) is 2.26. The van der Waals surface area contributed by atoms with Crippen LogP contribution in [0.25, 0.3) is 0 Å². The second kappa shape index (κ2) is 5.64. The van der Waals surface area contributed by atoms with Crippen molar-refractivity contribution in [2.24, 2.45) is 0 Å². The summed E-state index contributed by atoms with van der Waals surface area (Å²) in [7, 11) is 0. The Morgan fingerprint density at radius 2 is 1.79 bits per heavy atom. The largest absolute Gasteiger partial charge is 0.586 e. The van der Waals surface area contributed by atoms with Crippen molar-refractivity contribution in [1.82, 2.24) is 0 Å². The van der Waals surface area contributed by atoms with E-state index in [-0.39, 0.29) is 33.3 Å². The highest BCUT2D eigenvalue weighted by atomic mass is 35.5. The molecule has 2 aromatic rings. The maximum Gasteiger partial charge on any atom is 0.586 e. The Kier molecular flexibility index (Phi) is 3.76. The van der Waals surface area contributed by atoms with Crippen LogP contribution in [0.3, 0.4) is 0 Å². The average Bonchev–Trinajstić information content (AvgIpc) is 2.81. The molecule has 1 amide bonds. The van der Waals surface area contributed by atoms with Crippen LogP contribution in [0.5, 0.6) is 11.5 Å². The third-order valence-corrected chi connectivity index (χ3v) is 3.45. The lowest BCUT2D eigenvalue weighted by Crippen LogP contribution is -2.25. The Hall–Kier alpha value is -2.87. The zero-order chi connectivity index (χ0) is 17.5. The minimum Gasteiger partial charge on any atom is -0.478 e. The zero-order valence-electron chi connectivity index (χ0n) is 11.7. The van der Waals surface area contributed by atoms with Gasteiger partial charge in [-0.1, -0.05) is 11.6 Å². The van der Waals surface area contributed by atoms with Crippen molar-refractivity contribution >= 4 is 29.2 Å². The summed E-state index contributed by atoms with van der Waals surface area (Å²) in [6, 6.07) is 7.46. The number of anilines is 1. The number of carbonyl (C=O) groups is 2. The van der Waals surface area contributed by atoms with Crippen molar-refractivity contribution in [2.75, 3.05) is 5.32 Å². The number of fused-ring (bicyclic) bond motifs is 1. The van der Waals surface area contributed by atoms with Gasteiger partial charge in [-0.3, -0.25) is 4.79 Å². The van der Waals surface area contributed by atoms with Crippen LogP contribution in [0.4, 0.5) is 14.5 Å². The van der Waals surface area contributed by atoms with Crippen LogP contribution >= 0.6 is 11.6 Å². The number of hydrogen-bond donors (Lipinski definition) is 2. The fourth-order valence-electron chi connectivity index (χ4n) is 2.06. The Morgan fingerprint density at radius 3 is 2.50 bits per heavy atom. The van der Waals surface area contributed by atoms with Gasteiger partial charge in [-0.2, -0.15) is 0 Å². The first kappa shape index (κ1) is 16.0. The van der Waals surface area contributed by atoms with Gasteiger partial charge < -0.3 is 19.9 Å². The lowest BCUT2D eigenvalue weighted by molar-refractivity contribution is -0.286. The minimum absolute atomic E-state index is 0.0193. The Labute approximate surface area is 138 Å². The lowest BCUT2D eigenvalue weighted by Gasteiger charge is -2.07. The number of ether oxygens (including phenoxy) is 2. The number of carboxylic acids is 1. The maximum absolute atomic E-state index is 13.0. The Morgan fingerprint density at radius 1 is 1.08 bits per heavy atom. The molecule has 124 valence electrons. The summed E-state index contributed by atoms with van der Waals surface area (Å²) >= 11 is 5.74. The smallest absolute Gasteiger partial charge is 0.478 e. The molecular weight excluding hydrogens is 348 g/mol. The van der Waals surface area contributed by atoms with Crippen molar-refractivity contribution in [2.45, 2.75) is 6.29 Å². The second-order valence-electron chi connectivity index (χ2n) is 4.78. The molecule has 0 radical (unpaired) electrons. The number of carboxylic acid groups (broad SMARTS) is 1. The molecular formula is C15H8ClF2NO5. The van der Waals surface area contributed by atoms with Gasteiger partial charge >= 0.3 is 12.3 Å². The predicted molar refractivity (Wildman–Crippen MR) is 79.0 cm³/mol. The Bertz CT molecular complexity index is 856. The normalized spacial score (nSPS) is 14.3. The average molecular weight is 356 g/mol. The van der Waals surface area contributed by atoms with Crippen molar-refractivity contribution < 1.29 is 33.0 Å². The number of hydrogen-bond acceptors (Lipinski definition) is 4. The van der Waals surface area contributed by atoms with Gasteiger partial charge in [0.2, 0.25) is 0 Å². The van der Waals surface area contributed by atoms with Crippen LogP contribution in [0.1, 0.15) is 20.7 Å². The lowest BCUT2D eigenvalue weighted by atomic mass is 10.1. The van der Waals surface area contributed by atoms with E-state index in [1.54, 1.807) is 0 Å². The van der Waals surface area contributed by atoms with Crippen LogP contribution in [-0.4, -0.2) is 23.3 Å². The summed E-state index contributed by atoms with van der Waals surface area (Å²) < 4.78 is 34.4. The summed E-state index contributed by atoms with van der Waals surface area (Å²) in [5, 5.41) is 11.5. The highest BCUT2D eigenvalue weighted by Crippen LogP contribution is 2.41. The molecule has 3 rings (SSSR count). The third kappa shape index (κ3) is 3.09. The van der Waals surface area contributed by atoms with E-state index in [1.165, 1.54) is 30.3 Å². The standard InChI is InChI=1S/C15H8ClF2NO5/c16-10-3-2-8(6-9(10)14(21)22)19-13(20)7-1-4-11-12(5-7)24-15(17,18)23-11/h1-6H,(H,19,20)(H,21,22). The molecule has 2 N–H and O–H groups in total. The number of carbonyl (C=O) groups excluding carboxylic acids is 1. The molecule has 24 heavy (non-hydrogen) atoms. The molecule has 0 unspecified atom stereocenters. The first-order valence-electron chi connectivity index (χ1n) is 6.49. The molecule has 0 aromatic heterocycles. The highest BCUT2D eigenvalue weighted by molar-refractivity contribution is 6.33. The molecule has 0 saturated carbocycles. The molecule has 0 fully saturated rings. The van der Waals surface area contributed by atoms with Crippen LogP contribution in [0, 0.1) is 0 Å². The van der Waals surface area contributed by atoms with Gasteiger partial charge in [0.25, 0.3) is 5.91 Å². The topological polar surface area (TPSA) is 84.9 Å². The number of alkyl halides is 2. The molecule has 1 aliphatic heterocycles. The van der Waals surface area contributed by atoms with E-state index in [1.807, 2.05) is 0 Å². The van der Waals surface area contributed by atoms with E-state index in [0.29, 0.717) is 0 Å². The molecule has 0 saturated heterocycles. The molecule has 1 heterocycles. The van der Waals surface area contributed by atoms with E-state index in [9.17, 15) is 18.4 Å². The number of benzene rings is 2. The minimum atomic E-state index is -3.77. The number of nitrogens with one attached hydrogen (secondary N) is 1. The van der Waals surface area contributed by atoms with Gasteiger partial charge in [0, 0.05) is 11.3 Å². The monoisotopic (exact) mass is 355 g/mol. The third-order valence-electron chi connectivity index (χ3n) is 3.12. The van der Waals surface area contributed by atoms with E-state index in [0.717, 1.165) is 6.07 Å². The van der Waals surface area contributed by atoms with E-state index in [4.69, 9.17) is 16.7 Å². The van der Waals surface area contributed by atoms with Crippen LogP contribution in [-0.2, 0) is 0 Å². The van der Waals surface area contributed by atoms with Gasteiger partial charge in [-0.15, -0.1) is 8.78 Å². The summed E-state index contributed by atoms with van der Waals surface area (Å²) in [5.41, 5.74) is 0.0338. The summed E-state index contributed by atoms with van der Waals surface area (Å²) in [6.07, 6.45) is -3.77. The highest BCUT2D eigenvalue weighted by Gasteiger charge is 2.43. The summed E-state index contributed by atoms with van der Waals surface area (Å²) in [6.45, 7) is 0. The molecule has 1 aliphatic rings. The van der Waals surface area contributed by atoms with Gasteiger partial charge in [0.05, 0.1) is 10.6 Å². The molecule has 9 heteroatoms. The SMILES string of the molecule is O=C(Nc1ccc(Cl)c(C(=O)O)c1)c1ccc2c(c1)OC(F)(F)O2. The fraction of sp³-hybridized carbons (Fsp3) is 0.0667. The van der Waals surface area contributed by atoms with Crippen LogP contribution in [0.15, 0.2) is 36.4 Å². The van der Waals surface area contributed by atoms with E-state index in [2.05, 4.69) is 14.8 Å². The second-order valence-corrected chi connectivity index (χ2v) is 5.19. The summed E-state index contributed by atoms with van der Waals surface area (Å²) in [5.74, 6) is -2.34. The number of rotatable bonds is 3. The summed E-state index contributed by atoms with van der Waals surface area (Å²) in [4.78, 5) is 23.2. The first-order valence-corrected chi connectivity index (χ1v) is 6.87. The van der Waals surface area contributed by atoms with Gasteiger partial charge in [0.15, 0.2) is 11.5 Å². The van der Waals surface area contributed by atoms with Gasteiger partial charge in [0.1, 0.15) is 0 Å². The van der Waals surface area contributed by atoms with Crippen molar-refractivity contribution in [3.63, 3.8) is 0 Å². The molecule has 0 spiro atoms. The molecule has 2 aromatic carbocycles. The van der Waals surface area contributed by atoms with Crippen molar-refractivity contribution in [3.05, 3.63) is 52.5 Å². The van der Waals surface area contributed by atoms with E-state index < -0.39 is 18.2 Å². The van der Waals surface area contributed by atoms with Crippen LogP contribution in [0.2, 0.25) is 5.02 Å². The molecule has 6 nitrogen and oxygen atoms in total. The zero-order valence-corrected chi connectivity index (χ0v) is 12.4.